The molecule has 0 aliphatic carbocycles. The summed E-state index contributed by atoms with van der Waals surface area (Å²) in [5.74, 6) is -7.56. The SMILES string of the molecule is CCCCC(NC(=O)c1ccccc1)P(=O)(O)OC(C)C(=O)N1CCC[C@H]1C(=O)[O-].CCCC[C@@H](NC(=O)c1ccccc1)P(=O)(O)OC(C)C(=O)N1CCC[C@H]1C(=O)[O-].[Li+].[Li+]. The third kappa shape index (κ3) is 16.7. The number of aliphatic carboxylic acids is 2. The Balaban J connectivity index is 0.000000601. The van der Waals surface area contributed by atoms with Crippen LogP contribution in [0.3, 0.4) is 0 Å². The summed E-state index contributed by atoms with van der Waals surface area (Å²) >= 11 is 0. The van der Waals surface area contributed by atoms with Gasteiger partial charge in [-0.05, 0) is 76.6 Å². The van der Waals surface area contributed by atoms with Gasteiger partial charge in [-0.25, -0.2) is 0 Å². The third-order valence-electron chi connectivity index (χ3n) is 10.0. The maximum Gasteiger partial charge on any atom is 1.00 e. The summed E-state index contributed by atoms with van der Waals surface area (Å²) in [6.45, 7) is 6.82. The summed E-state index contributed by atoms with van der Waals surface area (Å²) in [7, 11) is -8.89. The second-order valence-electron chi connectivity index (χ2n) is 14.6. The van der Waals surface area contributed by atoms with Crippen molar-refractivity contribution in [1.29, 1.82) is 0 Å². The molecule has 332 valence electrons. The molecule has 2 aromatic rings. The topological polar surface area (TPSA) is 272 Å². The van der Waals surface area contributed by atoms with Crippen LogP contribution in [0.2, 0.25) is 0 Å². The van der Waals surface area contributed by atoms with Crippen LogP contribution in [0.1, 0.15) is 113 Å². The van der Waals surface area contributed by atoms with Gasteiger partial charge in [0, 0.05) is 24.2 Å². The molecule has 0 aromatic heterocycles. The molecule has 4 N–H and O–H groups in total. The monoisotopic (exact) mass is 892 g/mol. The Labute approximate surface area is 386 Å². The van der Waals surface area contributed by atoms with Gasteiger partial charge in [-0.2, -0.15) is 0 Å². The van der Waals surface area contributed by atoms with E-state index < -0.39 is 86.6 Å². The smallest absolute Gasteiger partial charge is 0.548 e. The summed E-state index contributed by atoms with van der Waals surface area (Å²) in [5.41, 5.74) is 0.661. The summed E-state index contributed by atoms with van der Waals surface area (Å²) in [5, 5.41) is 27.5. The third-order valence-corrected chi connectivity index (χ3v) is 13.6. The zero-order chi connectivity index (χ0) is 44.6. The van der Waals surface area contributed by atoms with Gasteiger partial charge in [0.2, 0.25) is 0 Å². The predicted molar refractivity (Wildman–Crippen MR) is 215 cm³/mol. The fourth-order valence-electron chi connectivity index (χ4n) is 6.79. The minimum Gasteiger partial charge on any atom is -0.548 e. The van der Waals surface area contributed by atoms with E-state index in [9.17, 15) is 57.9 Å². The first-order chi connectivity index (χ1) is 28.3. The Kier molecular flexibility index (Phi) is 24.9. The number of rotatable bonds is 20. The van der Waals surface area contributed by atoms with Crippen LogP contribution in [0.25, 0.3) is 0 Å². The van der Waals surface area contributed by atoms with Gasteiger partial charge in [-0.1, -0.05) is 75.9 Å². The number of likely N-dealkylation sites (tertiary alicyclic amines) is 2. The fourth-order valence-corrected chi connectivity index (χ4v) is 9.74. The Hall–Kier alpha value is -3.25. The number of hydrogen-bond acceptors (Lipinski definition) is 12. The van der Waals surface area contributed by atoms with Gasteiger partial charge >= 0.3 is 52.9 Å². The Morgan fingerprint density at radius 1 is 0.661 bits per heavy atom. The number of unbranched alkanes of at least 4 members (excludes halogenated alkanes) is 2. The number of carbonyl (C=O) groups excluding carboxylic acids is 6. The zero-order valence-corrected chi connectivity index (χ0v) is 38.1. The summed E-state index contributed by atoms with van der Waals surface area (Å²) < 4.78 is 36.4. The quantitative estimate of drug-likeness (QED) is 0.0744. The van der Waals surface area contributed by atoms with Crippen molar-refractivity contribution in [3.8, 4) is 0 Å². The molecule has 22 heteroatoms. The first-order valence-corrected chi connectivity index (χ1v) is 23.4. The van der Waals surface area contributed by atoms with Crippen LogP contribution in [0.4, 0.5) is 0 Å². The number of nitrogens with zero attached hydrogens (tertiary/aromatic N) is 2. The van der Waals surface area contributed by atoms with Gasteiger partial charge in [0.05, 0.1) is 24.0 Å². The van der Waals surface area contributed by atoms with E-state index in [-0.39, 0.29) is 76.5 Å². The van der Waals surface area contributed by atoms with Crippen molar-refractivity contribution in [1.82, 2.24) is 20.4 Å². The van der Waals surface area contributed by atoms with Gasteiger partial charge in [-0.3, -0.25) is 37.4 Å². The maximum atomic E-state index is 13.0. The minimum absolute atomic E-state index is 0. The van der Waals surface area contributed by atoms with Crippen molar-refractivity contribution in [2.24, 2.45) is 0 Å². The van der Waals surface area contributed by atoms with E-state index in [1.165, 1.54) is 13.8 Å². The fraction of sp³-hybridized carbons (Fsp3) is 0.550. The minimum atomic E-state index is -4.44. The average molecular weight is 893 g/mol. The van der Waals surface area contributed by atoms with E-state index in [0.29, 0.717) is 36.8 Å². The Bertz CT molecular complexity index is 1750. The number of carbonyl (C=O) groups is 6. The van der Waals surface area contributed by atoms with Crippen molar-refractivity contribution in [3.05, 3.63) is 71.8 Å². The molecule has 0 radical (unpaired) electrons. The molecule has 2 heterocycles. The molecule has 2 aliphatic heterocycles. The van der Waals surface area contributed by atoms with Gasteiger partial charge in [-0.15, -0.1) is 0 Å². The van der Waals surface area contributed by atoms with E-state index in [2.05, 4.69) is 10.6 Å². The summed E-state index contributed by atoms with van der Waals surface area (Å²) in [6, 6.07) is 14.4. The normalized spacial score (nSPS) is 19.6. The molecule has 2 aromatic carbocycles. The van der Waals surface area contributed by atoms with Crippen LogP contribution in [0.5, 0.6) is 0 Å². The van der Waals surface area contributed by atoms with Gasteiger partial charge in [0.25, 0.3) is 23.6 Å². The molecule has 8 atom stereocenters. The molecule has 62 heavy (non-hydrogen) atoms. The predicted octanol–water partition coefficient (Wildman–Crippen LogP) is -3.46. The van der Waals surface area contributed by atoms with Crippen molar-refractivity contribution < 1.29 is 105 Å². The van der Waals surface area contributed by atoms with Gasteiger partial charge < -0.3 is 50.0 Å². The van der Waals surface area contributed by atoms with E-state index >= 15 is 0 Å². The summed E-state index contributed by atoms with van der Waals surface area (Å²) in [4.78, 5) is 95.9. The van der Waals surface area contributed by atoms with Crippen molar-refractivity contribution in [2.45, 2.75) is 128 Å². The van der Waals surface area contributed by atoms with Gasteiger partial charge in [0.15, 0.2) is 0 Å². The van der Waals surface area contributed by atoms with E-state index in [4.69, 9.17) is 9.05 Å². The van der Waals surface area contributed by atoms with Crippen LogP contribution in [0, 0.1) is 0 Å². The second-order valence-corrected chi connectivity index (χ2v) is 18.6. The number of hydrogen-bond donors (Lipinski definition) is 4. The standard InChI is InChI=1S/2C20H29N2O7P.2Li/c2*1-3-4-12-17(21-18(23)15-9-6-5-7-10-15)30(27,28)29-14(2)19(24)22-13-8-11-16(22)20(25)26;;/h2*5-7,9-10,14,16-17H,3-4,8,11-13H2,1-2H3,(H,21,23)(H,25,26)(H,27,28);;/q;;2*+1/p-2/t14?,16-,17?;14?,16-,17-;;/m00../s1. The first-order valence-electron chi connectivity index (χ1n) is 20.1. The van der Waals surface area contributed by atoms with Gasteiger partial charge in [0.1, 0.15) is 23.8 Å². The van der Waals surface area contributed by atoms with Crippen LogP contribution >= 0.6 is 15.2 Å². The largest absolute Gasteiger partial charge is 1.00 e. The van der Waals surface area contributed by atoms with Crippen molar-refractivity contribution in [2.75, 3.05) is 13.1 Å². The molecule has 0 bridgehead atoms. The molecule has 2 aliphatic rings. The van der Waals surface area contributed by atoms with E-state index in [0.717, 1.165) is 22.6 Å². The summed E-state index contributed by atoms with van der Waals surface area (Å²) in [6.07, 6.45) is 1.81. The van der Waals surface area contributed by atoms with Crippen molar-refractivity contribution in [3.63, 3.8) is 0 Å². The molecule has 2 saturated heterocycles. The average Bonchev–Trinajstić information content (AvgIpc) is 3.92. The molecule has 5 unspecified atom stereocenters. The van der Waals surface area contributed by atoms with E-state index in [1.54, 1.807) is 60.7 Å². The molecule has 4 amide bonds. The number of carboxylic acids is 2. The number of nitrogens with one attached hydrogen (secondary N) is 2. The second kappa shape index (κ2) is 27.2. The molecule has 18 nitrogen and oxygen atoms in total. The Morgan fingerprint density at radius 2 is 0.984 bits per heavy atom. The molecule has 0 spiro atoms. The Morgan fingerprint density at radius 3 is 1.27 bits per heavy atom. The van der Waals surface area contributed by atoms with Crippen LogP contribution in [0.15, 0.2) is 60.7 Å². The van der Waals surface area contributed by atoms with E-state index in [1.807, 2.05) is 13.8 Å². The molecular formula is C40H56Li2N4O14P2. The number of carboxylic acid groups (broad SMARTS) is 2. The number of amides is 4. The first kappa shape index (κ1) is 56.8. The van der Waals surface area contributed by atoms with Crippen LogP contribution in [-0.4, -0.2) is 104 Å². The maximum absolute atomic E-state index is 13.0. The van der Waals surface area contributed by atoms with Crippen LogP contribution in [-0.2, 0) is 37.4 Å². The number of benzene rings is 2. The van der Waals surface area contributed by atoms with Crippen LogP contribution < -0.4 is 58.6 Å². The molecule has 4 rings (SSSR count). The zero-order valence-electron chi connectivity index (χ0n) is 36.3. The van der Waals surface area contributed by atoms with Crippen molar-refractivity contribution >= 4 is 50.8 Å². The molecule has 2 fully saturated rings. The molecule has 0 saturated carbocycles. The molecular weight excluding hydrogens is 836 g/mol.